The zero-order valence-electron chi connectivity index (χ0n) is 15.9. The fourth-order valence-electron chi connectivity index (χ4n) is 3.67. The van der Waals surface area contributed by atoms with Gasteiger partial charge in [0.05, 0.1) is 31.5 Å². The van der Waals surface area contributed by atoms with Crippen molar-refractivity contribution >= 4 is 29.9 Å². The van der Waals surface area contributed by atoms with E-state index in [2.05, 4.69) is 22.2 Å². The van der Waals surface area contributed by atoms with Crippen molar-refractivity contribution in [2.24, 2.45) is 12.0 Å². The van der Waals surface area contributed by atoms with Crippen LogP contribution >= 0.6 is 24.0 Å². The zero-order chi connectivity index (χ0) is 17.7. The minimum atomic E-state index is -0.631. The second-order valence-corrected chi connectivity index (χ2v) is 7.21. The largest absolute Gasteiger partial charge is 0.388 e. The van der Waals surface area contributed by atoms with Crippen LogP contribution < -0.4 is 5.32 Å². The molecule has 1 saturated carbocycles. The molecule has 2 N–H and O–H groups in total. The van der Waals surface area contributed by atoms with Crippen molar-refractivity contribution < 1.29 is 9.84 Å². The van der Waals surface area contributed by atoms with E-state index in [-0.39, 0.29) is 30.1 Å². The van der Waals surface area contributed by atoms with Crippen LogP contribution in [0.4, 0.5) is 0 Å². The number of morpholine rings is 1. The predicted octanol–water partition coefficient (Wildman–Crippen LogP) is 2.07. The van der Waals surface area contributed by atoms with Gasteiger partial charge in [0.1, 0.15) is 6.10 Å². The van der Waals surface area contributed by atoms with E-state index in [4.69, 9.17) is 9.73 Å². The van der Waals surface area contributed by atoms with Crippen LogP contribution in [0, 0.1) is 0 Å². The van der Waals surface area contributed by atoms with E-state index in [9.17, 15) is 5.11 Å². The Kier molecular flexibility index (Phi) is 8.15. The number of aryl methyl sites for hydroxylation is 1. The van der Waals surface area contributed by atoms with Gasteiger partial charge in [-0.15, -0.1) is 24.0 Å². The van der Waals surface area contributed by atoms with Crippen LogP contribution in [0.15, 0.2) is 17.4 Å². The average molecular weight is 477 g/mol. The van der Waals surface area contributed by atoms with Gasteiger partial charge in [-0.25, -0.2) is 0 Å². The molecule has 2 heterocycles. The second kappa shape index (κ2) is 9.89. The molecule has 1 aliphatic carbocycles. The maximum atomic E-state index is 10.7. The summed E-state index contributed by atoms with van der Waals surface area (Å²) in [5.41, 5.74) is 0.461. The number of rotatable bonds is 4. The molecule has 1 aromatic heterocycles. The van der Waals surface area contributed by atoms with Gasteiger partial charge in [0.2, 0.25) is 0 Å². The molecule has 0 aromatic carbocycles. The van der Waals surface area contributed by atoms with Crippen LogP contribution in [0.2, 0.25) is 0 Å². The fourth-order valence-corrected chi connectivity index (χ4v) is 3.67. The normalized spacial score (nSPS) is 23.4. The fraction of sp³-hybridized carbons (Fsp3) is 0.778. The van der Waals surface area contributed by atoms with Crippen molar-refractivity contribution in [1.29, 1.82) is 0 Å². The van der Waals surface area contributed by atoms with E-state index in [0.717, 1.165) is 56.8 Å². The molecule has 1 aromatic rings. The first-order valence-corrected chi connectivity index (χ1v) is 9.45. The first kappa shape index (κ1) is 21.4. The highest BCUT2D eigenvalue weighted by atomic mass is 127. The third-order valence-corrected chi connectivity index (χ3v) is 5.10. The third-order valence-electron chi connectivity index (χ3n) is 5.10. The minimum Gasteiger partial charge on any atom is -0.388 e. The Bertz CT molecular complexity index is 586. The van der Waals surface area contributed by atoms with Crippen LogP contribution in [0.1, 0.15) is 50.7 Å². The van der Waals surface area contributed by atoms with Crippen LogP contribution in [0.25, 0.3) is 0 Å². The maximum absolute atomic E-state index is 10.7. The van der Waals surface area contributed by atoms with Gasteiger partial charge >= 0.3 is 0 Å². The summed E-state index contributed by atoms with van der Waals surface area (Å²) < 4.78 is 7.72. The topological polar surface area (TPSA) is 74.9 Å². The van der Waals surface area contributed by atoms with Gasteiger partial charge in [0, 0.05) is 31.9 Å². The summed E-state index contributed by atoms with van der Waals surface area (Å²) in [7, 11) is 1.92. The number of ether oxygens (including phenoxy) is 1. The van der Waals surface area contributed by atoms with E-state index >= 15 is 0 Å². The quantitative estimate of drug-likeness (QED) is 0.395. The van der Waals surface area contributed by atoms with Crippen molar-refractivity contribution in [3.8, 4) is 0 Å². The van der Waals surface area contributed by atoms with Crippen molar-refractivity contribution in [3.63, 3.8) is 0 Å². The average Bonchev–Trinajstić information content (AvgIpc) is 3.06. The van der Waals surface area contributed by atoms with E-state index < -0.39 is 5.60 Å². The van der Waals surface area contributed by atoms with Crippen LogP contribution in [0.3, 0.4) is 0 Å². The number of halogens is 1. The molecule has 1 atom stereocenters. The Morgan fingerprint density at radius 2 is 2.19 bits per heavy atom. The van der Waals surface area contributed by atoms with Crippen molar-refractivity contribution in [1.82, 2.24) is 20.0 Å². The smallest absolute Gasteiger partial charge is 0.194 e. The molecule has 7 nitrogen and oxygen atoms in total. The molecule has 0 spiro atoms. The molecule has 1 saturated heterocycles. The Labute approximate surface area is 173 Å². The molecule has 2 fully saturated rings. The highest BCUT2D eigenvalue weighted by Crippen LogP contribution is 2.28. The number of hydrogen-bond donors (Lipinski definition) is 2. The molecule has 1 aliphatic heterocycles. The summed E-state index contributed by atoms with van der Waals surface area (Å²) in [6.07, 6.45) is 9.01. The van der Waals surface area contributed by atoms with Crippen LogP contribution in [-0.4, -0.2) is 64.1 Å². The van der Waals surface area contributed by atoms with Gasteiger partial charge < -0.3 is 20.1 Å². The molecule has 1 unspecified atom stereocenters. The molecule has 3 rings (SSSR count). The lowest BCUT2D eigenvalue weighted by atomic mass is 9.85. The van der Waals surface area contributed by atoms with E-state index in [1.165, 1.54) is 6.42 Å². The number of hydrogen-bond acceptors (Lipinski definition) is 4. The lowest BCUT2D eigenvalue weighted by Gasteiger charge is -2.36. The molecule has 26 heavy (non-hydrogen) atoms. The second-order valence-electron chi connectivity index (χ2n) is 7.21. The summed E-state index contributed by atoms with van der Waals surface area (Å²) in [4.78, 5) is 7.00. The van der Waals surface area contributed by atoms with E-state index in [1.54, 1.807) is 4.68 Å². The SMILES string of the molecule is CCNC(=NCC1(O)CCCCC1)N1CCOC(c2cnn(C)c2)C1.I. The molecular formula is C18H32IN5O2. The first-order valence-electron chi connectivity index (χ1n) is 9.45. The van der Waals surface area contributed by atoms with Crippen LogP contribution in [0.5, 0.6) is 0 Å². The zero-order valence-corrected chi connectivity index (χ0v) is 18.2. The number of nitrogens with one attached hydrogen (secondary N) is 1. The molecule has 148 valence electrons. The lowest BCUT2D eigenvalue weighted by Crippen LogP contribution is -2.49. The molecule has 2 aliphatic rings. The predicted molar refractivity (Wildman–Crippen MR) is 113 cm³/mol. The molecular weight excluding hydrogens is 445 g/mol. The van der Waals surface area contributed by atoms with Gasteiger partial charge in [-0.1, -0.05) is 19.3 Å². The number of aliphatic hydroxyl groups is 1. The lowest BCUT2D eigenvalue weighted by molar-refractivity contribution is -0.00896. The van der Waals surface area contributed by atoms with Gasteiger partial charge in [0.15, 0.2) is 5.96 Å². The van der Waals surface area contributed by atoms with Crippen molar-refractivity contribution in [2.75, 3.05) is 32.8 Å². The Hall–Kier alpha value is -0.870. The summed E-state index contributed by atoms with van der Waals surface area (Å²) in [6.45, 7) is 5.57. The van der Waals surface area contributed by atoms with Gasteiger partial charge in [-0.2, -0.15) is 5.10 Å². The number of nitrogens with zero attached hydrogens (tertiary/aromatic N) is 4. The Morgan fingerprint density at radius 3 is 2.85 bits per heavy atom. The standard InChI is InChI=1S/C18H31N5O2.HI/c1-3-19-17(20-14-18(24)7-5-4-6-8-18)23-9-10-25-16(13-23)15-11-21-22(2)12-15;/h11-12,16,24H,3-10,13-14H2,1-2H3,(H,19,20);1H. The number of guanidine groups is 1. The van der Waals surface area contributed by atoms with E-state index in [1.807, 2.05) is 19.4 Å². The highest BCUT2D eigenvalue weighted by molar-refractivity contribution is 14.0. The monoisotopic (exact) mass is 477 g/mol. The Balaban J connectivity index is 0.00000243. The molecule has 0 amide bonds. The Morgan fingerprint density at radius 1 is 1.42 bits per heavy atom. The summed E-state index contributed by atoms with van der Waals surface area (Å²) in [5, 5.41) is 18.3. The summed E-state index contributed by atoms with van der Waals surface area (Å²) in [5.74, 6) is 0.874. The van der Waals surface area contributed by atoms with Crippen molar-refractivity contribution in [2.45, 2.75) is 50.7 Å². The first-order chi connectivity index (χ1) is 12.1. The minimum absolute atomic E-state index is 0. The summed E-state index contributed by atoms with van der Waals surface area (Å²) in [6, 6.07) is 0. The number of aromatic nitrogens is 2. The van der Waals surface area contributed by atoms with Gasteiger partial charge in [-0.3, -0.25) is 9.67 Å². The van der Waals surface area contributed by atoms with Gasteiger partial charge in [-0.05, 0) is 19.8 Å². The van der Waals surface area contributed by atoms with E-state index in [0.29, 0.717) is 13.2 Å². The number of aliphatic imine (C=N–C) groups is 1. The molecule has 0 bridgehead atoms. The maximum Gasteiger partial charge on any atom is 0.194 e. The highest BCUT2D eigenvalue weighted by Gasteiger charge is 2.30. The molecule has 8 heteroatoms. The van der Waals surface area contributed by atoms with Crippen LogP contribution in [-0.2, 0) is 11.8 Å². The third kappa shape index (κ3) is 5.56. The summed E-state index contributed by atoms with van der Waals surface area (Å²) >= 11 is 0. The van der Waals surface area contributed by atoms with Gasteiger partial charge in [0.25, 0.3) is 0 Å². The molecule has 0 radical (unpaired) electrons. The van der Waals surface area contributed by atoms with Crippen molar-refractivity contribution in [3.05, 3.63) is 18.0 Å².